The normalized spacial score (nSPS) is 11.9. The molecule has 1 unspecified atom stereocenters. The Hall–Kier alpha value is -1.88. The number of amides is 1. The van der Waals surface area contributed by atoms with Gasteiger partial charge in [-0.15, -0.1) is 0 Å². The lowest BCUT2D eigenvalue weighted by molar-refractivity contribution is -0.119. The summed E-state index contributed by atoms with van der Waals surface area (Å²) in [5.74, 6) is -1.16. The summed E-state index contributed by atoms with van der Waals surface area (Å²) < 4.78 is 0. The van der Waals surface area contributed by atoms with Gasteiger partial charge in [0, 0.05) is 11.6 Å². The molecule has 0 saturated heterocycles. The Balaban J connectivity index is 2.56. The van der Waals surface area contributed by atoms with Gasteiger partial charge in [0.1, 0.15) is 0 Å². The first-order valence-corrected chi connectivity index (χ1v) is 5.89. The molecule has 0 saturated carbocycles. The minimum absolute atomic E-state index is 0.0773. The average Bonchev–Trinajstić information content (AvgIpc) is 2.36. The molecule has 0 heterocycles. The third-order valence-corrected chi connectivity index (χ3v) is 2.69. The molecule has 1 aromatic carbocycles. The van der Waals surface area contributed by atoms with Crippen LogP contribution < -0.4 is 11.1 Å². The van der Waals surface area contributed by atoms with E-state index in [0.29, 0.717) is 12.2 Å². The number of hydrogen-bond donors (Lipinski definition) is 3. The fourth-order valence-electron chi connectivity index (χ4n) is 1.52. The van der Waals surface area contributed by atoms with Crippen molar-refractivity contribution in [3.8, 4) is 0 Å². The van der Waals surface area contributed by atoms with E-state index in [1.165, 1.54) is 12.1 Å². The van der Waals surface area contributed by atoms with Crippen LogP contribution in [0.5, 0.6) is 0 Å². The SMILES string of the molecule is CC(CCCN)C(=O)Nc1ccc(C(=O)O)cc1. The van der Waals surface area contributed by atoms with Crippen molar-refractivity contribution in [3.63, 3.8) is 0 Å². The topological polar surface area (TPSA) is 92.4 Å². The van der Waals surface area contributed by atoms with Crippen LogP contribution >= 0.6 is 0 Å². The summed E-state index contributed by atoms with van der Waals surface area (Å²) in [7, 11) is 0. The van der Waals surface area contributed by atoms with Gasteiger partial charge in [-0.2, -0.15) is 0 Å². The van der Waals surface area contributed by atoms with Gasteiger partial charge in [0.15, 0.2) is 0 Å². The van der Waals surface area contributed by atoms with Gasteiger partial charge in [0.2, 0.25) is 5.91 Å². The van der Waals surface area contributed by atoms with E-state index in [1.807, 2.05) is 6.92 Å². The van der Waals surface area contributed by atoms with Crippen LogP contribution in [-0.2, 0) is 4.79 Å². The summed E-state index contributed by atoms with van der Waals surface area (Å²) in [6, 6.07) is 6.08. The Kier molecular flexibility index (Phi) is 5.32. The monoisotopic (exact) mass is 250 g/mol. The molecule has 1 amide bonds. The van der Waals surface area contributed by atoms with E-state index >= 15 is 0 Å². The van der Waals surface area contributed by atoms with E-state index in [4.69, 9.17) is 10.8 Å². The lowest BCUT2D eigenvalue weighted by Gasteiger charge is -2.11. The Bertz CT molecular complexity index is 415. The number of nitrogens with two attached hydrogens (primary N) is 1. The highest BCUT2D eigenvalue weighted by molar-refractivity contribution is 5.93. The zero-order valence-corrected chi connectivity index (χ0v) is 10.3. The van der Waals surface area contributed by atoms with Gasteiger partial charge in [0.05, 0.1) is 5.56 Å². The van der Waals surface area contributed by atoms with Crippen LogP contribution in [0, 0.1) is 5.92 Å². The van der Waals surface area contributed by atoms with Crippen LogP contribution in [0.25, 0.3) is 0 Å². The fraction of sp³-hybridized carbons (Fsp3) is 0.385. The first-order valence-electron chi connectivity index (χ1n) is 5.89. The highest BCUT2D eigenvalue weighted by Crippen LogP contribution is 2.13. The molecule has 1 rings (SSSR count). The molecule has 0 aliphatic carbocycles. The van der Waals surface area contributed by atoms with Crippen molar-refractivity contribution in [3.05, 3.63) is 29.8 Å². The summed E-state index contributed by atoms with van der Waals surface area (Å²) in [5, 5.41) is 11.5. The first-order chi connectivity index (χ1) is 8.54. The molecule has 5 nitrogen and oxygen atoms in total. The Morgan fingerprint density at radius 3 is 2.44 bits per heavy atom. The molecular formula is C13H18N2O3. The van der Waals surface area contributed by atoms with Crippen molar-refractivity contribution in [2.75, 3.05) is 11.9 Å². The largest absolute Gasteiger partial charge is 0.478 e. The number of rotatable bonds is 6. The smallest absolute Gasteiger partial charge is 0.335 e. The minimum Gasteiger partial charge on any atom is -0.478 e. The molecule has 0 aromatic heterocycles. The lowest BCUT2D eigenvalue weighted by Crippen LogP contribution is -2.21. The number of hydrogen-bond acceptors (Lipinski definition) is 3. The van der Waals surface area contributed by atoms with E-state index in [2.05, 4.69) is 5.32 Å². The maximum atomic E-state index is 11.8. The van der Waals surface area contributed by atoms with Crippen LogP contribution in [0.2, 0.25) is 0 Å². The molecule has 5 heteroatoms. The number of carbonyl (C=O) groups is 2. The van der Waals surface area contributed by atoms with Gasteiger partial charge in [-0.25, -0.2) is 4.79 Å². The highest BCUT2D eigenvalue weighted by atomic mass is 16.4. The van der Waals surface area contributed by atoms with Gasteiger partial charge < -0.3 is 16.2 Å². The van der Waals surface area contributed by atoms with Crippen molar-refractivity contribution >= 4 is 17.6 Å². The Morgan fingerprint density at radius 1 is 1.33 bits per heavy atom. The highest BCUT2D eigenvalue weighted by Gasteiger charge is 2.12. The first kappa shape index (κ1) is 14.2. The van der Waals surface area contributed by atoms with Crippen molar-refractivity contribution in [2.24, 2.45) is 11.7 Å². The summed E-state index contributed by atoms with van der Waals surface area (Å²) in [6.45, 7) is 2.42. The maximum Gasteiger partial charge on any atom is 0.335 e. The van der Waals surface area contributed by atoms with Crippen LogP contribution in [0.15, 0.2) is 24.3 Å². The quantitative estimate of drug-likeness (QED) is 0.716. The second kappa shape index (κ2) is 6.76. The van der Waals surface area contributed by atoms with Crippen LogP contribution in [0.1, 0.15) is 30.1 Å². The van der Waals surface area contributed by atoms with E-state index in [-0.39, 0.29) is 17.4 Å². The number of carboxylic acid groups (broad SMARTS) is 1. The van der Waals surface area contributed by atoms with Crippen molar-refractivity contribution in [1.82, 2.24) is 0 Å². The molecular weight excluding hydrogens is 232 g/mol. The number of carboxylic acids is 1. The fourth-order valence-corrected chi connectivity index (χ4v) is 1.52. The summed E-state index contributed by atoms with van der Waals surface area (Å²) in [5.41, 5.74) is 6.19. The summed E-state index contributed by atoms with van der Waals surface area (Å²) in [6.07, 6.45) is 1.56. The summed E-state index contributed by atoms with van der Waals surface area (Å²) >= 11 is 0. The second-order valence-electron chi connectivity index (χ2n) is 4.20. The predicted octanol–water partition coefficient (Wildman–Crippen LogP) is 1.70. The van der Waals surface area contributed by atoms with Crippen LogP contribution in [0.3, 0.4) is 0 Å². The average molecular weight is 250 g/mol. The van der Waals surface area contributed by atoms with Gasteiger partial charge in [0.25, 0.3) is 0 Å². The maximum absolute atomic E-state index is 11.8. The van der Waals surface area contributed by atoms with E-state index in [1.54, 1.807) is 12.1 Å². The Labute approximate surface area is 106 Å². The van der Waals surface area contributed by atoms with Crippen molar-refractivity contribution < 1.29 is 14.7 Å². The third kappa shape index (κ3) is 4.18. The lowest BCUT2D eigenvalue weighted by atomic mass is 10.0. The number of benzene rings is 1. The number of anilines is 1. The van der Waals surface area contributed by atoms with Crippen LogP contribution in [0.4, 0.5) is 5.69 Å². The van der Waals surface area contributed by atoms with E-state index < -0.39 is 5.97 Å². The number of nitrogens with one attached hydrogen (secondary N) is 1. The molecule has 0 radical (unpaired) electrons. The zero-order valence-electron chi connectivity index (χ0n) is 10.3. The van der Waals surface area contributed by atoms with Gasteiger partial charge in [-0.3, -0.25) is 4.79 Å². The Morgan fingerprint density at radius 2 is 1.94 bits per heavy atom. The van der Waals surface area contributed by atoms with E-state index in [0.717, 1.165) is 12.8 Å². The molecule has 98 valence electrons. The van der Waals surface area contributed by atoms with Gasteiger partial charge >= 0.3 is 5.97 Å². The minimum atomic E-state index is -0.982. The molecule has 0 aliphatic heterocycles. The number of carbonyl (C=O) groups excluding carboxylic acids is 1. The molecule has 1 aromatic rings. The zero-order chi connectivity index (χ0) is 13.5. The predicted molar refractivity (Wildman–Crippen MR) is 69.5 cm³/mol. The second-order valence-corrected chi connectivity index (χ2v) is 4.20. The van der Waals surface area contributed by atoms with Crippen LogP contribution in [-0.4, -0.2) is 23.5 Å². The van der Waals surface area contributed by atoms with E-state index in [9.17, 15) is 9.59 Å². The summed E-state index contributed by atoms with van der Waals surface area (Å²) in [4.78, 5) is 22.4. The molecule has 0 spiro atoms. The third-order valence-electron chi connectivity index (χ3n) is 2.69. The molecule has 1 atom stereocenters. The van der Waals surface area contributed by atoms with Gasteiger partial charge in [-0.1, -0.05) is 6.92 Å². The molecule has 18 heavy (non-hydrogen) atoms. The standard InChI is InChI=1S/C13H18N2O3/c1-9(3-2-8-14)12(16)15-11-6-4-10(5-7-11)13(17)18/h4-7,9H,2-3,8,14H2,1H3,(H,15,16)(H,17,18). The molecule has 0 bridgehead atoms. The molecule has 0 fully saturated rings. The number of aromatic carboxylic acids is 1. The van der Waals surface area contributed by atoms with Crippen molar-refractivity contribution in [2.45, 2.75) is 19.8 Å². The molecule has 0 aliphatic rings. The molecule has 4 N–H and O–H groups in total. The van der Waals surface area contributed by atoms with Crippen molar-refractivity contribution in [1.29, 1.82) is 0 Å². The van der Waals surface area contributed by atoms with Gasteiger partial charge in [-0.05, 0) is 43.7 Å².